The van der Waals surface area contributed by atoms with Crippen molar-refractivity contribution in [1.29, 1.82) is 0 Å². The minimum absolute atomic E-state index is 0.00238. The summed E-state index contributed by atoms with van der Waals surface area (Å²) < 4.78 is 16.3. The molecule has 5 aliphatic rings. The first-order valence-electron chi connectivity index (χ1n) is 9.83. The van der Waals surface area contributed by atoms with Crippen molar-refractivity contribution in [2.24, 2.45) is 28.2 Å². The zero-order valence-corrected chi connectivity index (χ0v) is 15.9. The van der Waals surface area contributed by atoms with Crippen molar-refractivity contribution in [1.82, 2.24) is 0 Å². The van der Waals surface area contributed by atoms with Crippen molar-refractivity contribution >= 4 is 17.9 Å². The number of benzene rings is 1. The van der Waals surface area contributed by atoms with E-state index in [1.165, 1.54) is 19.3 Å². The standard InChI is InChI=1S/C22H25NO4/c1-25-18-4-3-13(9-19(18)26-2)8-17-20(24)27-21(23-17)22-10-14-5-15(11-22)7-16(6-14)12-22/h3-4,8-9,14-16H,5-7,10-12H2,1-2H3/b17-8-. The first-order chi connectivity index (χ1) is 13.1. The lowest BCUT2D eigenvalue weighted by atomic mass is 9.49. The molecule has 0 amide bonds. The number of ether oxygens (including phenoxy) is 3. The van der Waals surface area contributed by atoms with E-state index in [2.05, 4.69) is 4.99 Å². The SMILES string of the molecule is COc1ccc(/C=C2\N=C(C34CC5CC(CC(C5)C3)C4)OC2=O)cc1OC. The Morgan fingerprint density at radius 1 is 1.04 bits per heavy atom. The molecule has 5 nitrogen and oxygen atoms in total. The number of hydrogen-bond acceptors (Lipinski definition) is 5. The van der Waals surface area contributed by atoms with Gasteiger partial charge in [-0.05, 0) is 80.1 Å². The monoisotopic (exact) mass is 367 g/mol. The fourth-order valence-electron chi connectivity index (χ4n) is 6.11. The number of esters is 1. The van der Waals surface area contributed by atoms with Gasteiger partial charge in [-0.2, -0.15) is 0 Å². The van der Waals surface area contributed by atoms with E-state index in [1.807, 2.05) is 18.2 Å². The Balaban J connectivity index is 1.46. The molecule has 4 saturated carbocycles. The molecule has 4 fully saturated rings. The van der Waals surface area contributed by atoms with Gasteiger partial charge < -0.3 is 14.2 Å². The molecule has 4 bridgehead atoms. The highest BCUT2D eigenvalue weighted by Gasteiger charge is 2.55. The zero-order valence-electron chi connectivity index (χ0n) is 15.9. The van der Waals surface area contributed by atoms with Crippen LogP contribution in [0.4, 0.5) is 0 Å². The molecule has 142 valence electrons. The van der Waals surface area contributed by atoms with E-state index in [4.69, 9.17) is 14.2 Å². The average Bonchev–Trinajstić information content (AvgIpc) is 3.02. The normalized spacial score (nSPS) is 35.3. The van der Waals surface area contributed by atoms with Gasteiger partial charge in [0.1, 0.15) is 0 Å². The predicted octanol–water partition coefficient (Wildman–Crippen LogP) is 4.22. The van der Waals surface area contributed by atoms with Crippen LogP contribution in [0.2, 0.25) is 0 Å². The van der Waals surface area contributed by atoms with Gasteiger partial charge in [-0.1, -0.05) is 6.07 Å². The molecule has 1 aromatic carbocycles. The molecule has 5 heteroatoms. The number of rotatable bonds is 4. The van der Waals surface area contributed by atoms with E-state index in [9.17, 15) is 4.79 Å². The Kier molecular flexibility index (Phi) is 3.81. The molecular weight excluding hydrogens is 342 g/mol. The quantitative estimate of drug-likeness (QED) is 0.591. The molecule has 1 aliphatic heterocycles. The van der Waals surface area contributed by atoms with Gasteiger partial charge in [-0.15, -0.1) is 0 Å². The molecule has 0 aromatic heterocycles. The molecule has 0 atom stereocenters. The van der Waals surface area contributed by atoms with E-state index in [0.29, 0.717) is 23.1 Å². The van der Waals surface area contributed by atoms with Crippen molar-refractivity contribution in [2.45, 2.75) is 38.5 Å². The summed E-state index contributed by atoms with van der Waals surface area (Å²) >= 11 is 0. The van der Waals surface area contributed by atoms with Crippen molar-refractivity contribution in [3.63, 3.8) is 0 Å². The maximum Gasteiger partial charge on any atom is 0.363 e. The van der Waals surface area contributed by atoms with Gasteiger partial charge in [0.15, 0.2) is 17.2 Å². The number of hydrogen-bond donors (Lipinski definition) is 0. The van der Waals surface area contributed by atoms with Crippen molar-refractivity contribution in [3.8, 4) is 11.5 Å². The highest BCUT2D eigenvalue weighted by atomic mass is 16.6. The van der Waals surface area contributed by atoms with Crippen molar-refractivity contribution < 1.29 is 19.0 Å². The minimum Gasteiger partial charge on any atom is -0.493 e. The largest absolute Gasteiger partial charge is 0.493 e. The van der Waals surface area contributed by atoms with Crippen LogP contribution in [0.1, 0.15) is 44.1 Å². The second-order valence-corrected chi connectivity index (χ2v) is 8.65. The second kappa shape index (κ2) is 6.11. The van der Waals surface area contributed by atoms with Crippen LogP contribution in [0.3, 0.4) is 0 Å². The molecule has 0 spiro atoms. The lowest BCUT2D eigenvalue weighted by Gasteiger charge is -2.55. The number of carbonyl (C=O) groups is 1. The van der Waals surface area contributed by atoms with Gasteiger partial charge in [-0.25, -0.2) is 9.79 Å². The summed E-state index contributed by atoms with van der Waals surface area (Å²) in [5.41, 5.74) is 1.22. The summed E-state index contributed by atoms with van der Waals surface area (Å²) in [6, 6.07) is 5.56. The minimum atomic E-state index is -0.337. The van der Waals surface area contributed by atoms with Crippen LogP contribution in [0.5, 0.6) is 11.5 Å². The number of carbonyl (C=O) groups excluding carboxylic acids is 1. The topological polar surface area (TPSA) is 57.1 Å². The Labute approximate surface area is 159 Å². The van der Waals surface area contributed by atoms with Crippen LogP contribution in [0.15, 0.2) is 28.9 Å². The summed E-state index contributed by atoms with van der Waals surface area (Å²) in [7, 11) is 3.20. The van der Waals surface area contributed by atoms with E-state index >= 15 is 0 Å². The van der Waals surface area contributed by atoms with Crippen molar-refractivity contribution in [2.75, 3.05) is 14.2 Å². The number of nitrogens with zero attached hydrogens (tertiary/aromatic N) is 1. The Morgan fingerprint density at radius 2 is 1.67 bits per heavy atom. The highest BCUT2D eigenvalue weighted by molar-refractivity contribution is 6.09. The first-order valence-corrected chi connectivity index (χ1v) is 9.83. The van der Waals surface area contributed by atoms with Gasteiger partial charge in [0.25, 0.3) is 0 Å². The van der Waals surface area contributed by atoms with E-state index < -0.39 is 0 Å². The number of aliphatic imine (C=N–C) groups is 1. The number of cyclic esters (lactones) is 1. The molecule has 0 radical (unpaired) electrons. The summed E-state index contributed by atoms with van der Waals surface area (Å²) in [6.07, 6.45) is 9.24. The maximum atomic E-state index is 12.5. The van der Waals surface area contributed by atoms with E-state index in [-0.39, 0.29) is 11.4 Å². The fourth-order valence-corrected chi connectivity index (χ4v) is 6.11. The molecule has 0 unspecified atom stereocenters. The molecule has 27 heavy (non-hydrogen) atoms. The number of methoxy groups -OCH3 is 2. The third kappa shape index (κ3) is 2.75. The fraction of sp³-hybridized carbons (Fsp3) is 0.545. The zero-order chi connectivity index (χ0) is 18.6. The van der Waals surface area contributed by atoms with Crippen LogP contribution in [-0.4, -0.2) is 26.1 Å². The van der Waals surface area contributed by atoms with Gasteiger partial charge in [-0.3, -0.25) is 0 Å². The lowest BCUT2D eigenvalue weighted by molar-refractivity contribution is -0.131. The molecule has 1 heterocycles. The molecule has 6 rings (SSSR count). The van der Waals surface area contributed by atoms with Crippen molar-refractivity contribution in [3.05, 3.63) is 29.5 Å². The average molecular weight is 367 g/mol. The summed E-state index contributed by atoms with van der Waals surface area (Å²) in [6.45, 7) is 0. The summed E-state index contributed by atoms with van der Waals surface area (Å²) in [5.74, 6) is 3.99. The Bertz CT molecular complexity index is 819. The van der Waals surface area contributed by atoms with Crippen LogP contribution in [-0.2, 0) is 9.53 Å². The van der Waals surface area contributed by atoms with Crippen LogP contribution in [0.25, 0.3) is 6.08 Å². The van der Waals surface area contributed by atoms with E-state index in [0.717, 1.165) is 42.6 Å². The summed E-state index contributed by atoms with van der Waals surface area (Å²) in [5, 5.41) is 0. The Hall–Kier alpha value is -2.30. The summed E-state index contributed by atoms with van der Waals surface area (Å²) in [4.78, 5) is 17.2. The molecule has 0 saturated heterocycles. The maximum absolute atomic E-state index is 12.5. The van der Waals surface area contributed by atoms with Crippen LogP contribution < -0.4 is 9.47 Å². The van der Waals surface area contributed by atoms with Gasteiger partial charge in [0, 0.05) is 5.41 Å². The molecule has 1 aromatic rings. The molecular formula is C22H25NO4. The highest BCUT2D eigenvalue weighted by Crippen LogP contribution is 2.61. The van der Waals surface area contributed by atoms with Gasteiger partial charge >= 0.3 is 5.97 Å². The predicted molar refractivity (Wildman–Crippen MR) is 102 cm³/mol. The van der Waals surface area contributed by atoms with Crippen LogP contribution in [0, 0.1) is 23.2 Å². The Morgan fingerprint density at radius 3 is 2.26 bits per heavy atom. The second-order valence-electron chi connectivity index (χ2n) is 8.65. The lowest BCUT2D eigenvalue weighted by Crippen LogP contribution is -2.50. The van der Waals surface area contributed by atoms with E-state index in [1.54, 1.807) is 20.3 Å². The van der Waals surface area contributed by atoms with Gasteiger partial charge in [0.05, 0.1) is 14.2 Å². The smallest absolute Gasteiger partial charge is 0.363 e. The molecule has 4 aliphatic carbocycles. The first kappa shape index (κ1) is 16.8. The van der Waals surface area contributed by atoms with Gasteiger partial charge in [0.2, 0.25) is 5.90 Å². The molecule has 0 N–H and O–H groups in total. The third-order valence-corrected chi connectivity index (χ3v) is 6.82. The third-order valence-electron chi connectivity index (χ3n) is 6.82. The van der Waals surface area contributed by atoms with Crippen LogP contribution >= 0.6 is 0 Å².